The first kappa shape index (κ1) is 119. The molecule has 1 aliphatic heterocycles. The molecule has 1 fully saturated rings. The third-order valence-corrected chi connectivity index (χ3v) is 22.6. The summed E-state index contributed by atoms with van der Waals surface area (Å²) in [6, 6.07) is -16.7. The highest BCUT2D eigenvalue weighted by Gasteiger charge is 2.46. The fraction of sp³-hybridized carbons (Fsp3) is 0.619. The van der Waals surface area contributed by atoms with Crippen LogP contribution in [0, 0.1) is 22.7 Å². The Morgan fingerprint density at radius 1 is 0.457 bits per heavy atom. The maximum atomic E-state index is 14.8. The van der Waals surface area contributed by atoms with Gasteiger partial charge in [0.15, 0.2) is 11.9 Å². The van der Waals surface area contributed by atoms with Gasteiger partial charge >= 0.3 is 12.0 Å². The smallest absolute Gasteiger partial charge is 0.326 e. The number of primary amides is 2. The Balaban J connectivity index is 1.95. The second-order valence-electron chi connectivity index (χ2n) is 34.3. The van der Waals surface area contributed by atoms with Crippen molar-refractivity contribution < 1.29 is 117 Å². The second-order valence-corrected chi connectivity index (χ2v) is 35.8. The highest BCUT2D eigenvalue weighted by Crippen LogP contribution is 2.24. The average molecular weight is 1990 g/mol. The quantitative estimate of drug-likeness (QED) is 0.0127. The van der Waals surface area contributed by atoms with Crippen molar-refractivity contribution in [2.45, 2.75) is 265 Å². The number of carbonyl (C=O) groups is 18. The summed E-state index contributed by atoms with van der Waals surface area (Å²) in [5, 5.41) is 120. The third-order valence-electron chi connectivity index (χ3n) is 22.0. The van der Waals surface area contributed by atoms with E-state index in [2.05, 4.69) is 116 Å². The highest BCUT2D eigenvalue weighted by atomic mass is 32.1. The number of aliphatic carboxylic acids is 1. The van der Waals surface area contributed by atoms with Crippen LogP contribution in [0.3, 0.4) is 0 Å². The van der Waals surface area contributed by atoms with E-state index in [1.54, 1.807) is 27.7 Å². The van der Waals surface area contributed by atoms with Gasteiger partial charge in [-0.15, -0.1) is 0 Å². The van der Waals surface area contributed by atoms with Gasteiger partial charge in [-0.05, 0) is 152 Å². The topological polar surface area (TPSA) is 892 Å². The number of hydrogen-bond acceptors (Lipinski definition) is 31. The summed E-state index contributed by atoms with van der Waals surface area (Å²) in [4.78, 5) is 253. The molecule has 2 aromatic rings. The molecule has 0 aromatic heterocycles. The van der Waals surface area contributed by atoms with E-state index < -0.39 is 276 Å². The minimum absolute atomic E-state index is 0.0219. The lowest BCUT2D eigenvalue weighted by molar-refractivity contribution is -0.142. The molecule has 0 unspecified atom stereocenters. The Hall–Kier alpha value is -12.7. The minimum atomic E-state index is -2.03. The highest BCUT2D eigenvalue weighted by molar-refractivity contribution is 7.81. The molecule has 772 valence electrons. The zero-order valence-corrected chi connectivity index (χ0v) is 80.1. The van der Waals surface area contributed by atoms with Crippen LogP contribution in [0.25, 0.3) is 0 Å². The number of guanidine groups is 2. The Morgan fingerprint density at radius 3 is 1.15 bits per heavy atom. The van der Waals surface area contributed by atoms with Crippen LogP contribution >= 0.6 is 25.3 Å². The van der Waals surface area contributed by atoms with E-state index in [1.807, 2.05) is 0 Å². The number of nitrogens with one attached hydrogen (secondary N) is 19. The van der Waals surface area contributed by atoms with Crippen LogP contribution < -0.4 is 136 Å². The van der Waals surface area contributed by atoms with Crippen molar-refractivity contribution in [2.75, 3.05) is 51.6 Å². The van der Waals surface area contributed by atoms with Crippen molar-refractivity contribution in [3.63, 3.8) is 0 Å². The number of urea groups is 1. The van der Waals surface area contributed by atoms with Gasteiger partial charge in [0.2, 0.25) is 94.5 Å². The first-order chi connectivity index (χ1) is 64.7. The number of carboxylic acid groups (broad SMARTS) is 1. The number of thiol groups is 2. The predicted molar refractivity (Wildman–Crippen MR) is 507 cm³/mol. The Kier molecular flexibility index (Phi) is 51.4. The lowest BCUT2D eigenvalue weighted by atomic mass is 9.96. The summed E-state index contributed by atoms with van der Waals surface area (Å²) in [5.74, 6) is -21.7. The summed E-state index contributed by atoms with van der Waals surface area (Å²) in [6.07, 6.45) is -8.53. The van der Waals surface area contributed by atoms with Crippen LogP contribution in [-0.2, 0) is 94.3 Å². The lowest BCUT2D eigenvalue weighted by Gasteiger charge is -2.33. The van der Waals surface area contributed by atoms with Crippen molar-refractivity contribution in [3.8, 4) is 11.5 Å². The molecule has 41 N–H and O–H groups in total. The lowest BCUT2D eigenvalue weighted by Crippen LogP contribution is -2.64. The first-order valence-electron chi connectivity index (χ1n) is 44.8. The van der Waals surface area contributed by atoms with Crippen molar-refractivity contribution in [3.05, 3.63) is 59.7 Å². The van der Waals surface area contributed by atoms with Crippen LogP contribution in [0.15, 0.2) is 48.5 Å². The van der Waals surface area contributed by atoms with Gasteiger partial charge < -0.3 is 172 Å². The van der Waals surface area contributed by atoms with E-state index in [0.29, 0.717) is 5.56 Å². The van der Waals surface area contributed by atoms with Gasteiger partial charge in [0.25, 0.3) is 0 Å². The van der Waals surface area contributed by atoms with Crippen molar-refractivity contribution >= 4 is 144 Å². The molecule has 1 heterocycles. The van der Waals surface area contributed by atoms with Gasteiger partial charge in [-0.3, -0.25) is 87.5 Å². The number of likely N-dealkylation sites (tertiary alicyclic amines) is 1. The normalized spacial score (nSPS) is 16.8. The largest absolute Gasteiger partial charge is 0.508 e. The Bertz CT molecular complexity index is 4480. The van der Waals surface area contributed by atoms with E-state index in [9.17, 15) is 117 Å². The van der Waals surface area contributed by atoms with Crippen LogP contribution in [0.2, 0.25) is 0 Å². The van der Waals surface area contributed by atoms with Gasteiger partial charge in [0, 0.05) is 55.9 Å². The number of aliphatic hydroxyl groups excluding tert-OH is 3. The van der Waals surface area contributed by atoms with Gasteiger partial charge in [-0.2, -0.15) is 25.3 Å². The molecule has 0 aliphatic carbocycles. The second kappa shape index (κ2) is 59.4. The molecule has 0 saturated carbocycles. The number of nitrogens with two attached hydrogens (primary N) is 8. The van der Waals surface area contributed by atoms with Gasteiger partial charge in [0.1, 0.15) is 102 Å². The van der Waals surface area contributed by atoms with Crippen LogP contribution in [-0.4, -0.2) is 325 Å². The Labute approximate surface area is 808 Å². The molecule has 18 amide bonds. The SMILES string of the molecule is CC[C@H](C)[C@H](NC(=O)[C@@H]1C[C@@H](O)CN1C(=O)[C@@H](N)C(C)C)C(=O)N[C@H](C(=O)N[C@@H](Cc1ccc(O)cc1)C(=O)N[C@H](C(=O)N[C@@H](CC(N)=O)C(=O)N[C@@H](CCCNC(=N)N)C(=O)N[C@@H](CCN)C(=O)N[C@H](C(=O)N[C@H](CCN)C(=O)N[C@@H](CCCNC(N)=O)C(=O)N[C@@H](CS)C(=O)N[C@@H](CCN)C(=O)N[C@@H](CCCNC(=N)N)C(=O)N[C@@H](Cc1ccc(O)cc1)C(=O)O)[C@@H](C)O)C(C)(C)S)[C@@H](C)O. The standard InChI is InChI=1S/C84H140N28O24S2/c1-9-40(4)61(108-74(128)58-35-47(117)37-112(58)79(133)60(89)39(2)3)75(129)110-63(42(6)114)77(131)104-54(33-43-16-20-45(115)21-17-43)72(126)111-64(84(7,8)138)78(132)105-55(36-59(88)118)71(125)100-48(13-10-30-95-81(90)91)65(119)101-53(26-29-87)70(124)109-62(41(5)113)76(130)103-52(25-28-86)69(123)99-50(15-12-32-97-83(94)136)67(121)107-57(38-137)73(127)102-51(24-27-85)68(122)98-49(14-11-31-96-82(92)93)66(120)106-56(80(134)135)34-44-18-22-46(116)23-19-44/h16-23,39-42,47-58,60-64,113-117,137-138H,9-15,24-38,85-87,89H2,1-8H3,(H2,88,118)(H,98,122)(H,99,123)(H,100,125)(H,101,119)(H,102,127)(H,103,130)(H,104,131)(H,105,132)(H,106,120)(H,107,121)(H,108,128)(H,109,124)(H,110,129)(H,111,126)(H,134,135)(H4,90,91,95)(H4,92,93,96)(H3,94,97,136)/t40-,41+,42+,47+,48-,49-,50-,51-,52+,53-,54-,55-,56-,57-,58-,60-,61-,62-,63-,64+/m0/s1. The zero-order valence-electron chi connectivity index (χ0n) is 78.3. The van der Waals surface area contributed by atoms with Crippen molar-refractivity contribution in [1.82, 2.24) is 95.3 Å². The minimum Gasteiger partial charge on any atom is -0.508 e. The molecular formula is C84H140N28O24S2. The predicted octanol–water partition coefficient (Wildman–Crippen LogP) is -11.0. The maximum absolute atomic E-state index is 14.8. The van der Waals surface area contributed by atoms with Gasteiger partial charge in [0.05, 0.1) is 30.8 Å². The number of phenolic OH excluding ortho intramolecular Hbond substituents is 2. The molecule has 138 heavy (non-hydrogen) atoms. The molecule has 0 bridgehead atoms. The molecule has 20 atom stereocenters. The number of carbonyl (C=O) groups excluding carboxylic acids is 17. The van der Waals surface area contributed by atoms with Crippen LogP contribution in [0.4, 0.5) is 4.79 Å². The van der Waals surface area contributed by atoms with Crippen molar-refractivity contribution in [1.29, 1.82) is 10.8 Å². The fourth-order valence-corrected chi connectivity index (χ4v) is 14.4. The number of β-amino-alcohol motifs (C(OH)–C–C–N with tert-alkyl or cyclic N) is 1. The number of rotatable bonds is 61. The summed E-state index contributed by atoms with van der Waals surface area (Å²) in [7, 11) is 0. The number of amides is 18. The number of aliphatic hydroxyl groups is 3. The zero-order chi connectivity index (χ0) is 104. The first-order valence-corrected chi connectivity index (χ1v) is 45.9. The summed E-state index contributed by atoms with van der Waals surface area (Å²) >= 11 is 8.83. The van der Waals surface area contributed by atoms with Crippen molar-refractivity contribution in [2.24, 2.45) is 57.7 Å². The Morgan fingerprint density at radius 2 is 0.790 bits per heavy atom. The average Bonchev–Trinajstić information content (AvgIpc) is 1.67. The number of nitrogens with zero attached hydrogens (tertiary/aromatic N) is 1. The van der Waals surface area contributed by atoms with E-state index in [1.165, 1.54) is 62.4 Å². The summed E-state index contributed by atoms with van der Waals surface area (Å²) in [5.41, 5.74) is 46.4. The van der Waals surface area contributed by atoms with Crippen LogP contribution in [0.1, 0.15) is 144 Å². The molecule has 3 rings (SSSR count). The van der Waals surface area contributed by atoms with E-state index >= 15 is 0 Å². The molecule has 54 heteroatoms. The van der Waals surface area contributed by atoms with E-state index in [4.69, 9.17) is 56.7 Å². The summed E-state index contributed by atoms with van der Waals surface area (Å²) in [6.45, 7) is 10.0. The van der Waals surface area contributed by atoms with Gasteiger partial charge in [-0.25, -0.2) is 9.59 Å². The molecule has 2 aromatic carbocycles. The molecule has 1 aliphatic rings. The number of hydrogen-bond donors (Lipinski definition) is 35. The molecule has 52 nitrogen and oxygen atoms in total. The fourth-order valence-electron chi connectivity index (χ4n) is 14.0. The monoisotopic (exact) mass is 1990 g/mol. The molecular weight excluding hydrogens is 1850 g/mol. The van der Waals surface area contributed by atoms with E-state index in [0.717, 1.165) is 18.7 Å². The number of aromatic hydroxyl groups is 2. The van der Waals surface area contributed by atoms with Crippen LogP contribution in [0.5, 0.6) is 11.5 Å². The third kappa shape index (κ3) is 41.3. The van der Waals surface area contributed by atoms with E-state index in [-0.39, 0.29) is 133 Å². The number of phenols is 2. The molecule has 1 saturated heterocycles. The number of carboxylic acids is 1. The number of benzene rings is 2. The maximum Gasteiger partial charge on any atom is 0.326 e. The van der Waals surface area contributed by atoms with Gasteiger partial charge in [-0.1, -0.05) is 58.4 Å². The molecule has 0 spiro atoms. The molecule has 0 radical (unpaired) electrons. The summed E-state index contributed by atoms with van der Waals surface area (Å²) < 4.78 is -1.66.